The summed E-state index contributed by atoms with van der Waals surface area (Å²) in [6.45, 7) is 1.80. The van der Waals surface area contributed by atoms with E-state index < -0.39 is 17.7 Å². The molecule has 0 aliphatic carbocycles. The van der Waals surface area contributed by atoms with E-state index in [1.54, 1.807) is 49.4 Å². The Bertz CT molecular complexity index is 1310. The minimum Gasteiger partial charge on any atom is -0.463 e. The summed E-state index contributed by atoms with van der Waals surface area (Å²) in [7, 11) is 0. The number of aryl methyl sites for hydroxylation is 1. The number of fused-ring (bicyclic) bond motifs is 1. The first kappa shape index (κ1) is 20.8. The van der Waals surface area contributed by atoms with Crippen molar-refractivity contribution in [3.63, 3.8) is 0 Å². The van der Waals surface area contributed by atoms with Crippen LogP contribution < -0.4 is 16.4 Å². The average Bonchev–Trinajstić information content (AvgIpc) is 3.43. The number of carbonyl (C=O) groups excluding carboxylic acids is 3. The molecule has 10 heteroatoms. The summed E-state index contributed by atoms with van der Waals surface area (Å²) in [5, 5.41) is 9.75. The smallest absolute Gasteiger partial charge is 0.259 e. The molecule has 32 heavy (non-hydrogen) atoms. The maximum Gasteiger partial charge on any atom is 0.259 e. The molecule has 0 spiro atoms. The van der Waals surface area contributed by atoms with Crippen LogP contribution in [0.1, 0.15) is 32.8 Å². The second-order valence-electron chi connectivity index (χ2n) is 6.95. The van der Waals surface area contributed by atoms with Crippen LogP contribution in [0, 0.1) is 6.92 Å². The molecule has 0 saturated carbocycles. The zero-order valence-corrected chi connectivity index (χ0v) is 17.0. The molecule has 0 fully saturated rings. The van der Waals surface area contributed by atoms with E-state index in [0.29, 0.717) is 28.2 Å². The van der Waals surface area contributed by atoms with Gasteiger partial charge in [-0.3, -0.25) is 14.4 Å². The van der Waals surface area contributed by atoms with Gasteiger partial charge in [0, 0.05) is 13.0 Å². The topological polar surface area (TPSA) is 153 Å². The van der Waals surface area contributed by atoms with Crippen molar-refractivity contribution in [2.45, 2.75) is 13.3 Å². The molecule has 4 rings (SSSR count). The molecule has 0 bridgehead atoms. The van der Waals surface area contributed by atoms with Gasteiger partial charge in [0.15, 0.2) is 5.76 Å². The number of benzene rings is 1. The van der Waals surface area contributed by atoms with Crippen LogP contribution in [-0.2, 0) is 4.79 Å². The number of furan rings is 1. The second kappa shape index (κ2) is 8.72. The van der Waals surface area contributed by atoms with E-state index in [2.05, 4.69) is 20.8 Å². The number of carbonyl (C=O) groups is 3. The third kappa shape index (κ3) is 4.19. The summed E-state index contributed by atoms with van der Waals surface area (Å²) in [4.78, 5) is 41.1. The fraction of sp³-hybridized carbons (Fsp3) is 0.136. The van der Waals surface area contributed by atoms with Gasteiger partial charge in [0.1, 0.15) is 5.69 Å². The van der Waals surface area contributed by atoms with E-state index >= 15 is 0 Å². The highest BCUT2D eigenvalue weighted by molar-refractivity contribution is 6.14. The molecule has 4 aromatic rings. The number of anilines is 1. The Morgan fingerprint density at radius 1 is 1.06 bits per heavy atom. The van der Waals surface area contributed by atoms with Crippen molar-refractivity contribution in [2.75, 3.05) is 11.9 Å². The number of pyridine rings is 1. The van der Waals surface area contributed by atoms with Crippen LogP contribution in [0.3, 0.4) is 0 Å². The number of para-hydroxylation sites is 1. The molecule has 0 saturated heterocycles. The lowest BCUT2D eigenvalue weighted by Gasteiger charge is -2.12. The molecule has 162 valence electrons. The molecule has 0 aliphatic rings. The summed E-state index contributed by atoms with van der Waals surface area (Å²) in [5.41, 5.74) is 7.01. The highest BCUT2D eigenvalue weighted by Crippen LogP contribution is 2.28. The maximum atomic E-state index is 13.2. The Hall–Kier alpha value is -4.47. The molecule has 3 heterocycles. The third-order valence-electron chi connectivity index (χ3n) is 4.71. The molecule has 1 aromatic carbocycles. The van der Waals surface area contributed by atoms with Gasteiger partial charge >= 0.3 is 0 Å². The van der Waals surface area contributed by atoms with E-state index in [-0.39, 0.29) is 29.8 Å². The minimum absolute atomic E-state index is 0.0115. The van der Waals surface area contributed by atoms with Crippen LogP contribution in [0.2, 0.25) is 0 Å². The van der Waals surface area contributed by atoms with Crippen LogP contribution >= 0.6 is 0 Å². The zero-order valence-electron chi connectivity index (χ0n) is 17.0. The number of nitrogens with zero attached hydrogens (tertiary/aromatic N) is 2. The highest BCUT2D eigenvalue weighted by Gasteiger charge is 2.21. The number of primary amides is 1. The van der Waals surface area contributed by atoms with Crippen LogP contribution in [0.15, 0.2) is 57.7 Å². The molecular formula is C22H19N5O5. The predicted octanol–water partition coefficient (Wildman–Crippen LogP) is 2.65. The van der Waals surface area contributed by atoms with E-state index in [1.165, 1.54) is 6.26 Å². The zero-order chi connectivity index (χ0) is 22.7. The molecule has 10 nitrogen and oxygen atoms in total. The quantitative estimate of drug-likeness (QED) is 0.405. The van der Waals surface area contributed by atoms with E-state index in [9.17, 15) is 14.4 Å². The maximum absolute atomic E-state index is 13.2. The molecule has 0 radical (unpaired) electrons. The van der Waals surface area contributed by atoms with Gasteiger partial charge in [-0.1, -0.05) is 17.3 Å². The predicted molar refractivity (Wildman–Crippen MR) is 115 cm³/mol. The number of hydrogen-bond acceptors (Lipinski definition) is 7. The Balaban J connectivity index is 1.66. The van der Waals surface area contributed by atoms with Crippen molar-refractivity contribution in [3.8, 4) is 11.5 Å². The van der Waals surface area contributed by atoms with Gasteiger partial charge < -0.3 is 25.3 Å². The Morgan fingerprint density at radius 2 is 1.88 bits per heavy atom. The van der Waals surface area contributed by atoms with Gasteiger partial charge in [-0.25, -0.2) is 4.98 Å². The first-order valence-electron chi connectivity index (χ1n) is 9.72. The summed E-state index contributed by atoms with van der Waals surface area (Å²) >= 11 is 0. The first-order chi connectivity index (χ1) is 15.4. The van der Waals surface area contributed by atoms with E-state index in [1.807, 2.05) is 0 Å². The van der Waals surface area contributed by atoms with E-state index in [0.717, 1.165) is 0 Å². The molecule has 4 N–H and O–H groups in total. The Labute approximate surface area is 181 Å². The van der Waals surface area contributed by atoms with Crippen LogP contribution in [0.5, 0.6) is 0 Å². The summed E-state index contributed by atoms with van der Waals surface area (Å²) in [5.74, 6) is -0.984. The number of hydrogen-bond donors (Lipinski definition) is 3. The summed E-state index contributed by atoms with van der Waals surface area (Å²) in [6.07, 6.45) is 1.51. The van der Waals surface area contributed by atoms with Crippen molar-refractivity contribution in [1.82, 2.24) is 15.5 Å². The summed E-state index contributed by atoms with van der Waals surface area (Å²) < 4.78 is 10.7. The average molecular weight is 433 g/mol. The molecule has 3 aromatic heterocycles. The van der Waals surface area contributed by atoms with Crippen molar-refractivity contribution in [2.24, 2.45) is 5.73 Å². The largest absolute Gasteiger partial charge is 0.463 e. The lowest BCUT2D eigenvalue weighted by molar-refractivity contribution is -0.117. The van der Waals surface area contributed by atoms with Crippen molar-refractivity contribution >= 4 is 34.5 Å². The van der Waals surface area contributed by atoms with Gasteiger partial charge in [0.25, 0.3) is 17.5 Å². The molecule has 0 aliphatic heterocycles. The van der Waals surface area contributed by atoms with Gasteiger partial charge in [-0.15, -0.1) is 0 Å². The number of amides is 3. The van der Waals surface area contributed by atoms with Gasteiger partial charge in [-0.05, 0) is 37.3 Å². The Kier molecular flexibility index (Phi) is 5.67. The number of nitrogens with two attached hydrogens (primary N) is 1. The minimum atomic E-state index is -0.523. The summed E-state index contributed by atoms with van der Waals surface area (Å²) in [6, 6.07) is 11.5. The Morgan fingerprint density at radius 3 is 2.62 bits per heavy atom. The van der Waals surface area contributed by atoms with Gasteiger partial charge in [-0.2, -0.15) is 0 Å². The van der Waals surface area contributed by atoms with Crippen molar-refractivity contribution in [1.29, 1.82) is 0 Å². The van der Waals surface area contributed by atoms with Crippen LogP contribution in [-0.4, -0.2) is 34.4 Å². The second-order valence-corrected chi connectivity index (χ2v) is 6.95. The fourth-order valence-corrected chi connectivity index (χ4v) is 3.20. The fourth-order valence-electron chi connectivity index (χ4n) is 3.20. The lowest BCUT2D eigenvalue weighted by atomic mass is 10.1. The molecule has 3 amide bonds. The number of aromatic nitrogens is 2. The molecule has 0 atom stereocenters. The van der Waals surface area contributed by atoms with Crippen LogP contribution in [0.25, 0.3) is 22.6 Å². The normalized spacial score (nSPS) is 10.8. The van der Waals surface area contributed by atoms with Crippen molar-refractivity contribution < 1.29 is 23.3 Å². The lowest BCUT2D eigenvalue weighted by Crippen LogP contribution is -2.28. The standard InChI is InChI=1S/C22H19N5O5/c1-12-19-14(11-16(17-7-4-10-31-17)26-22(19)32-27-12)21(30)25-15-6-3-2-5-13(15)20(29)24-9-8-18(23)28/h2-7,10-11H,8-9H2,1H3,(H2,23,28)(H,24,29)(H,25,30). The highest BCUT2D eigenvalue weighted by atomic mass is 16.5. The monoisotopic (exact) mass is 433 g/mol. The molecule has 0 unspecified atom stereocenters. The van der Waals surface area contributed by atoms with Gasteiger partial charge in [0.05, 0.1) is 34.2 Å². The first-order valence-corrected chi connectivity index (χ1v) is 9.72. The molecular weight excluding hydrogens is 414 g/mol. The number of rotatable bonds is 7. The third-order valence-corrected chi connectivity index (χ3v) is 4.71. The van der Waals surface area contributed by atoms with Crippen molar-refractivity contribution in [3.05, 3.63) is 65.5 Å². The number of nitrogens with one attached hydrogen (secondary N) is 2. The van der Waals surface area contributed by atoms with Gasteiger partial charge in [0.2, 0.25) is 5.91 Å². The van der Waals surface area contributed by atoms with Crippen LogP contribution in [0.4, 0.5) is 5.69 Å². The SMILES string of the molecule is Cc1noc2nc(-c3ccco3)cc(C(=O)Nc3ccccc3C(=O)NCCC(N)=O)c12. The van der Waals surface area contributed by atoms with E-state index in [4.69, 9.17) is 14.7 Å².